The number of rotatable bonds is 4. The van der Waals surface area contributed by atoms with E-state index in [4.69, 9.17) is 11.6 Å². The van der Waals surface area contributed by atoms with Crippen LogP contribution in [0.5, 0.6) is 0 Å². The van der Waals surface area contributed by atoms with Crippen molar-refractivity contribution < 1.29 is 0 Å². The first-order valence-corrected chi connectivity index (χ1v) is 5.88. The number of aryl methyl sites for hydroxylation is 1. The number of halogens is 1. The van der Waals surface area contributed by atoms with Gasteiger partial charge in [0.15, 0.2) is 0 Å². The molecule has 3 nitrogen and oxygen atoms in total. The molecule has 0 amide bonds. The first-order chi connectivity index (χ1) is 7.38. The third-order valence-electron chi connectivity index (χ3n) is 1.92. The third kappa shape index (κ3) is 2.91. The standard InChI is InChI=1S/C10H10ClN3S/c11-5-4-8-2-1-3-9(6-8)14-10-12-7-13-15-10/h1-3,6-7H,4-5H2,(H,12,13,14). The van der Waals surface area contributed by atoms with Crippen molar-refractivity contribution in [1.29, 1.82) is 0 Å². The predicted molar refractivity (Wildman–Crippen MR) is 64.1 cm³/mol. The van der Waals surface area contributed by atoms with E-state index in [1.165, 1.54) is 23.4 Å². The van der Waals surface area contributed by atoms with E-state index >= 15 is 0 Å². The fourth-order valence-electron chi connectivity index (χ4n) is 1.27. The zero-order valence-electron chi connectivity index (χ0n) is 7.98. The Morgan fingerprint density at radius 3 is 3.07 bits per heavy atom. The number of aromatic nitrogens is 2. The molecule has 1 N–H and O–H groups in total. The minimum absolute atomic E-state index is 0.641. The van der Waals surface area contributed by atoms with Gasteiger partial charge >= 0.3 is 0 Å². The molecule has 0 spiro atoms. The number of nitrogens with one attached hydrogen (secondary N) is 1. The first kappa shape index (κ1) is 10.4. The van der Waals surface area contributed by atoms with E-state index in [1.54, 1.807) is 0 Å². The summed E-state index contributed by atoms with van der Waals surface area (Å²) < 4.78 is 3.92. The zero-order valence-corrected chi connectivity index (χ0v) is 9.55. The van der Waals surface area contributed by atoms with Gasteiger partial charge < -0.3 is 5.32 Å². The van der Waals surface area contributed by atoms with Crippen LogP contribution < -0.4 is 5.32 Å². The lowest BCUT2D eigenvalue weighted by atomic mass is 10.1. The molecule has 0 saturated heterocycles. The van der Waals surface area contributed by atoms with Crippen molar-refractivity contribution in [2.24, 2.45) is 0 Å². The number of hydrogen-bond donors (Lipinski definition) is 1. The van der Waals surface area contributed by atoms with Crippen LogP contribution in [0.2, 0.25) is 0 Å². The molecule has 1 aromatic heterocycles. The molecule has 0 aliphatic heterocycles. The number of nitrogens with zero attached hydrogens (tertiary/aromatic N) is 2. The lowest BCUT2D eigenvalue weighted by Crippen LogP contribution is -1.91. The van der Waals surface area contributed by atoms with E-state index in [-0.39, 0.29) is 0 Å². The van der Waals surface area contributed by atoms with Crippen molar-refractivity contribution in [3.63, 3.8) is 0 Å². The van der Waals surface area contributed by atoms with Gasteiger partial charge in [-0.25, -0.2) is 4.98 Å². The molecule has 0 unspecified atom stereocenters. The maximum Gasteiger partial charge on any atom is 0.206 e. The molecule has 0 atom stereocenters. The van der Waals surface area contributed by atoms with Crippen LogP contribution in [-0.2, 0) is 6.42 Å². The minimum atomic E-state index is 0.641. The molecule has 0 aliphatic rings. The summed E-state index contributed by atoms with van der Waals surface area (Å²) in [7, 11) is 0. The van der Waals surface area contributed by atoms with Gasteiger partial charge in [-0.3, -0.25) is 0 Å². The first-order valence-electron chi connectivity index (χ1n) is 4.57. The van der Waals surface area contributed by atoms with Crippen molar-refractivity contribution in [2.45, 2.75) is 6.42 Å². The second-order valence-corrected chi connectivity index (χ2v) is 4.17. The zero-order chi connectivity index (χ0) is 10.5. The Labute approximate surface area is 97.3 Å². The molecule has 5 heteroatoms. The Hall–Kier alpha value is -1.13. The smallest absolute Gasteiger partial charge is 0.206 e. The Morgan fingerprint density at radius 2 is 2.33 bits per heavy atom. The number of benzene rings is 1. The van der Waals surface area contributed by atoms with Gasteiger partial charge in [-0.15, -0.1) is 11.6 Å². The molecule has 0 fully saturated rings. The van der Waals surface area contributed by atoms with E-state index in [2.05, 4.69) is 26.8 Å². The maximum atomic E-state index is 5.69. The molecule has 78 valence electrons. The third-order valence-corrected chi connectivity index (χ3v) is 2.69. The van der Waals surface area contributed by atoms with Gasteiger partial charge in [0, 0.05) is 23.1 Å². The molecule has 0 bridgehead atoms. The summed E-state index contributed by atoms with van der Waals surface area (Å²) in [6.07, 6.45) is 2.42. The van der Waals surface area contributed by atoms with E-state index in [9.17, 15) is 0 Å². The largest absolute Gasteiger partial charge is 0.330 e. The molecule has 15 heavy (non-hydrogen) atoms. The van der Waals surface area contributed by atoms with Crippen LogP contribution in [0.25, 0.3) is 0 Å². The minimum Gasteiger partial charge on any atom is -0.330 e. The van der Waals surface area contributed by atoms with Crippen molar-refractivity contribution in [3.05, 3.63) is 36.2 Å². The van der Waals surface area contributed by atoms with Crippen LogP contribution in [0.15, 0.2) is 30.6 Å². The number of anilines is 2. The van der Waals surface area contributed by atoms with Crippen LogP contribution >= 0.6 is 23.1 Å². The molecule has 0 radical (unpaired) electrons. The highest BCUT2D eigenvalue weighted by atomic mass is 35.5. The summed E-state index contributed by atoms with van der Waals surface area (Å²) in [5.41, 5.74) is 2.24. The molecular weight excluding hydrogens is 230 g/mol. The van der Waals surface area contributed by atoms with Crippen molar-refractivity contribution >= 4 is 34.0 Å². The molecule has 2 aromatic rings. The highest BCUT2D eigenvalue weighted by Gasteiger charge is 1.98. The van der Waals surface area contributed by atoms with Gasteiger partial charge in [-0.2, -0.15) is 4.37 Å². The molecule has 1 heterocycles. The monoisotopic (exact) mass is 239 g/mol. The predicted octanol–water partition coefficient (Wildman–Crippen LogP) is 3.06. The molecule has 2 rings (SSSR count). The fraction of sp³-hybridized carbons (Fsp3) is 0.200. The van der Waals surface area contributed by atoms with Gasteiger partial charge in [-0.1, -0.05) is 12.1 Å². The SMILES string of the molecule is ClCCc1cccc(Nc2ncns2)c1. The average Bonchev–Trinajstić information content (AvgIpc) is 2.71. The molecular formula is C10H10ClN3S. The fourth-order valence-corrected chi connectivity index (χ4v) is 1.94. The van der Waals surface area contributed by atoms with Gasteiger partial charge in [0.25, 0.3) is 0 Å². The van der Waals surface area contributed by atoms with E-state index in [1.807, 2.05) is 12.1 Å². The maximum absolute atomic E-state index is 5.69. The Morgan fingerprint density at radius 1 is 1.40 bits per heavy atom. The number of hydrogen-bond acceptors (Lipinski definition) is 4. The molecule has 0 saturated carbocycles. The van der Waals surface area contributed by atoms with Gasteiger partial charge in [0.1, 0.15) is 6.33 Å². The van der Waals surface area contributed by atoms with E-state index in [0.29, 0.717) is 5.88 Å². The van der Waals surface area contributed by atoms with Crippen LogP contribution in [-0.4, -0.2) is 15.2 Å². The normalized spacial score (nSPS) is 10.2. The topological polar surface area (TPSA) is 37.8 Å². The van der Waals surface area contributed by atoms with Gasteiger partial charge in [-0.05, 0) is 24.1 Å². The summed E-state index contributed by atoms with van der Waals surface area (Å²) in [5.74, 6) is 0.641. The van der Waals surface area contributed by atoms with Gasteiger partial charge in [0.2, 0.25) is 5.13 Å². The van der Waals surface area contributed by atoms with Crippen LogP contribution in [0.4, 0.5) is 10.8 Å². The van der Waals surface area contributed by atoms with E-state index < -0.39 is 0 Å². The second kappa shape index (κ2) is 5.09. The summed E-state index contributed by atoms with van der Waals surface area (Å²) in [6, 6.07) is 8.14. The Balaban J connectivity index is 2.11. The highest BCUT2D eigenvalue weighted by molar-refractivity contribution is 7.09. The highest BCUT2D eigenvalue weighted by Crippen LogP contribution is 2.18. The molecule has 1 aromatic carbocycles. The quantitative estimate of drug-likeness (QED) is 0.834. The number of alkyl halides is 1. The van der Waals surface area contributed by atoms with Crippen LogP contribution in [0.3, 0.4) is 0 Å². The van der Waals surface area contributed by atoms with Gasteiger partial charge in [0.05, 0.1) is 0 Å². The average molecular weight is 240 g/mol. The lowest BCUT2D eigenvalue weighted by molar-refractivity contribution is 1.15. The summed E-state index contributed by atoms with van der Waals surface area (Å²) in [6.45, 7) is 0. The van der Waals surface area contributed by atoms with Crippen molar-refractivity contribution in [1.82, 2.24) is 9.36 Å². The van der Waals surface area contributed by atoms with Crippen molar-refractivity contribution in [2.75, 3.05) is 11.2 Å². The molecule has 0 aliphatic carbocycles. The van der Waals surface area contributed by atoms with Crippen LogP contribution in [0, 0.1) is 0 Å². The summed E-state index contributed by atoms with van der Waals surface area (Å²) in [4.78, 5) is 4.06. The van der Waals surface area contributed by atoms with Crippen LogP contribution in [0.1, 0.15) is 5.56 Å². The Kier molecular flexibility index (Phi) is 3.53. The lowest BCUT2D eigenvalue weighted by Gasteiger charge is -2.04. The summed E-state index contributed by atoms with van der Waals surface area (Å²) >= 11 is 7.03. The van der Waals surface area contributed by atoms with E-state index in [0.717, 1.165) is 17.2 Å². The second-order valence-electron chi connectivity index (χ2n) is 3.01. The Bertz CT molecular complexity index is 416. The summed E-state index contributed by atoms with van der Waals surface area (Å²) in [5, 5.41) is 3.99. The van der Waals surface area contributed by atoms with Crippen molar-refractivity contribution in [3.8, 4) is 0 Å².